The van der Waals surface area contributed by atoms with Gasteiger partial charge in [-0.1, -0.05) is 13.0 Å². The van der Waals surface area contributed by atoms with E-state index in [-0.39, 0.29) is 31.2 Å². The van der Waals surface area contributed by atoms with Gasteiger partial charge >= 0.3 is 0 Å². The molecule has 0 aromatic heterocycles. The van der Waals surface area contributed by atoms with Crippen LogP contribution in [0.25, 0.3) is 0 Å². The average Bonchev–Trinajstić information content (AvgIpc) is 2.45. The third-order valence-electron chi connectivity index (χ3n) is 3.59. The second-order valence-electron chi connectivity index (χ2n) is 5.10. The summed E-state index contributed by atoms with van der Waals surface area (Å²) in [5, 5.41) is 15.3. The van der Waals surface area contributed by atoms with E-state index < -0.39 is 0 Å². The Bertz CT molecular complexity index is 476. The van der Waals surface area contributed by atoms with Crippen molar-refractivity contribution in [3.63, 3.8) is 0 Å². The maximum atomic E-state index is 11.3. The first-order chi connectivity index (χ1) is 9.63. The number of aliphatic hydroxyl groups is 1. The molecule has 2 rings (SSSR count). The number of carbonyl (C=O) groups excluding carboxylic acids is 1. The summed E-state index contributed by atoms with van der Waals surface area (Å²) in [6.45, 7) is 4.44. The van der Waals surface area contributed by atoms with Gasteiger partial charge < -0.3 is 20.5 Å². The Kier molecular flexibility index (Phi) is 4.98. The predicted octanol–water partition coefficient (Wildman–Crippen LogP) is 1.83. The topological polar surface area (TPSA) is 70.6 Å². The molecule has 0 saturated heterocycles. The van der Waals surface area contributed by atoms with Crippen LogP contribution in [0.3, 0.4) is 0 Å². The number of anilines is 1. The van der Waals surface area contributed by atoms with Gasteiger partial charge in [0, 0.05) is 18.7 Å². The summed E-state index contributed by atoms with van der Waals surface area (Å²) in [7, 11) is 0. The first kappa shape index (κ1) is 14.8. The fraction of sp³-hybridized carbons (Fsp3) is 0.533. The molecule has 1 amide bonds. The Balaban J connectivity index is 2.08. The summed E-state index contributed by atoms with van der Waals surface area (Å²) in [5.74, 6) is 0.588. The zero-order valence-corrected chi connectivity index (χ0v) is 12.0. The van der Waals surface area contributed by atoms with Crippen LogP contribution in [-0.4, -0.2) is 30.3 Å². The van der Waals surface area contributed by atoms with Gasteiger partial charge in [-0.2, -0.15) is 0 Å². The number of carbonyl (C=O) groups is 1. The van der Waals surface area contributed by atoms with Crippen LogP contribution in [0.1, 0.15) is 38.3 Å². The van der Waals surface area contributed by atoms with Crippen molar-refractivity contribution in [3.8, 4) is 5.75 Å². The minimum atomic E-state index is -0.123. The fourth-order valence-corrected chi connectivity index (χ4v) is 2.38. The lowest BCUT2D eigenvalue weighted by Crippen LogP contribution is -2.32. The Morgan fingerprint density at radius 2 is 2.30 bits per heavy atom. The molecule has 0 saturated carbocycles. The van der Waals surface area contributed by atoms with Crippen LogP contribution in [0, 0.1) is 0 Å². The average molecular weight is 278 g/mol. The highest BCUT2D eigenvalue weighted by molar-refractivity contribution is 5.95. The molecule has 1 aliphatic rings. The van der Waals surface area contributed by atoms with Crippen molar-refractivity contribution in [3.05, 3.63) is 23.8 Å². The molecule has 2 atom stereocenters. The first-order valence-electron chi connectivity index (χ1n) is 7.07. The molecule has 0 radical (unpaired) electrons. The van der Waals surface area contributed by atoms with Crippen LogP contribution < -0.4 is 15.4 Å². The van der Waals surface area contributed by atoms with Crippen molar-refractivity contribution >= 4 is 11.6 Å². The number of hydrogen-bond donors (Lipinski definition) is 3. The van der Waals surface area contributed by atoms with Crippen molar-refractivity contribution < 1.29 is 14.6 Å². The molecular weight excluding hydrogens is 256 g/mol. The lowest BCUT2D eigenvalue weighted by atomic mass is 10.0. The van der Waals surface area contributed by atoms with Crippen molar-refractivity contribution in [2.75, 3.05) is 18.5 Å². The number of hydrogen-bond acceptors (Lipinski definition) is 4. The molecule has 1 aliphatic heterocycles. The van der Waals surface area contributed by atoms with E-state index in [1.54, 1.807) is 0 Å². The van der Waals surface area contributed by atoms with E-state index in [1.165, 1.54) is 0 Å². The van der Waals surface area contributed by atoms with E-state index in [2.05, 4.69) is 24.5 Å². The summed E-state index contributed by atoms with van der Waals surface area (Å²) in [4.78, 5) is 11.3. The standard InChI is InChI=1S/C15H22N2O3/c1-3-12(6-7-18)16-10(2)11-4-5-14-13(8-11)17-15(19)9-20-14/h4-5,8,10,12,16,18H,3,6-7,9H2,1-2H3,(H,17,19). The highest BCUT2D eigenvalue weighted by Crippen LogP contribution is 2.30. The van der Waals surface area contributed by atoms with E-state index >= 15 is 0 Å². The maximum absolute atomic E-state index is 11.3. The second kappa shape index (κ2) is 6.72. The minimum absolute atomic E-state index is 0.0779. The summed E-state index contributed by atoms with van der Waals surface area (Å²) in [5.41, 5.74) is 1.81. The summed E-state index contributed by atoms with van der Waals surface area (Å²) < 4.78 is 5.35. The van der Waals surface area contributed by atoms with Crippen LogP contribution >= 0.6 is 0 Å². The molecule has 5 heteroatoms. The molecule has 0 fully saturated rings. The molecule has 1 aromatic carbocycles. The number of rotatable bonds is 6. The van der Waals surface area contributed by atoms with Gasteiger partial charge in [0.25, 0.3) is 5.91 Å². The molecule has 110 valence electrons. The molecule has 1 heterocycles. The molecule has 0 spiro atoms. The van der Waals surface area contributed by atoms with Gasteiger partial charge in [-0.25, -0.2) is 0 Å². The summed E-state index contributed by atoms with van der Waals surface area (Å²) in [6, 6.07) is 6.26. The smallest absolute Gasteiger partial charge is 0.262 e. The first-order valence-corrected chi connectivity index (χ1v) is 7.07. The van der Waals surface area contributed by atoms with E-state index in [4.69, 9.17) is 9.84 Å². The number of ether oxygens (including phenoxy) is 1. The van der Waals surface area contributed by atoms with Gasteiger partial charge in [0.05, 0.1) is 5.69 Å². The van der Waals surface area contributed by atoms with E-state index in [0.717, 1.165) is 24.1 Å². The van der Waals surface area contributed by atoms with Crippen LogP contribution in [0.5, 0.6) is 5.75 Å². The third kappa shape index (κ3) is 3.49. The monoisotopic (exact) mass is 278 g/mol. The zero-order chi connectivity index (χ0) is 14.5. The highest BCUT2D eigenvalue weighted by Gasteiger charge is 2.18. The lowest BCUT2D eigenvalue weighted by Gasteiger charge is -2.24. The van der Waals surface area contributed by atoms with Crippen molar-refractivity contribution in [1.82, 2.24) is 5.32 Å². The highest BCUT2D eigenvalue weighted by atomic mass is 16.5. The molecule has 20 heavy (non-hydrogen) atoms. The Hall–Kier alpha value is -1.59. The van der Waals surface area contributed by atoms with Gasteiger partial charge in [0.1, 0.15) is 5.75 Å². The van der Waals surface area contributed by atoms with E-state index in [1.807, 2.05) is 18.2 Å². The SMILES string of the molecule is CCC(CCO)NC(C)c1ccc2c(c1)NC(=O)CO2. The fourth-order valence-electron chi connectivity index (χ4n) is 2.38. The van der Waals surface area contributed by atoms with E-state index in [0.29, 0.717) is 5.75 Å². The lowest BCUT2D eigenvalue weighted by molar-refractivity contribution is -0.118. The molecule has 0 aliphatic carbocycles. The molecule has 3 N–H and O–H groups in total. The van der Waals surface area contributed by atoms with Crippen LogP contribution in [-0.2, 0) is 4.79 Å². The van der Waals surface area contributed by atoms with Crippen molar-refractivity contribution in [2.24, 2.45) is 0 Å². The van der Waals surface area contributed by atoms with Crippen molar-refractivity contribution in [1.29, 1.82) is 0 Å². The van der Waals surface area contributed by atoms with Gasteiger partial charge in [-0.05, 0) is 37.5 Å². The molecule has 5 nitrogen and oxygen atoms in total. The zero-order valence-electron chi connectivity index (χ0n) is 12.0. The summed E-state index contributed by atoms with van der Waals surface area (Å²) in [6.07, 6.45) is 1.71. The Labute approximate surface area is 119 Å². The molecule has 2 unspecified atom stereocenters. The number of nitrogens with one attached hydrogen (secondary N) is 2. The van der Waals surface area contributed by atoms with Crippen LogP contribution in [0.15, 0.2) is 18.2 Å². The largest absolute Gasteiger partial charge is 0.482 e. The number of aliphatic hydroxyl groups excluding tert-OH is 1. The van der Waals surface area contributed by atoms with Gasteiger partial charge in [-0.3, -0.25) is 4.79 Å². The van der Waals surface area contributed by atoms with Crippen molar-refractivity contribution in [2.45, 2.75) is 38.8 Å². The number of amides is 1. The minimum Gasteiger partial charge on any atom is -0.482 e. The molecular formula is C15H22N2O3. The normalized spacial score (nSPS) is 16.9. The van der Waals surface area contributed by atoms with Gasteiger partial charge in [0.15, 0.2) is 6.61 Å². The predicted molar refractivity (Wildman–Crippen MR) is 77.9 cm³/mol. The number of benzene rings is 1. The Morgan fingerprint density at radius 1 is 1.50 bits per heavy atom. The Morgan fingerprint density at radius 3 is 3.00 bits per heavy atom. The van der Waals surface area contributed by atoms with Gasteiger partial charge in [-0.15, -0.1) is 0 Å². The second-order valence-corrected chi connectivity index (χ2v) is 5.10. The van der Waals surface area contributed by atoms with E-state index in [9.17, 15) is 4.79 Å². The third-order valence-corrected chi connectivity index (χ3v) is 3.59. The maximum Gasteiger partial charge on any atom is 0.262 e. The molecule has 0 bridgehead atoms. The molecule has 1 aromatic rings. The van der Waals surface area contributed by atoms with Crippen LogP contribution in [0.2, 0.25) is 0 Å². The summed E-state index contributed by atoms with van der Waals surface area (Å²) >= 11 is 0. The van der Waals surface area contributed by atoms with Crippen LogP contribution in [0.4, 0.5) is 5.69 Å². The number of fused-ring (bicyclic) bond motifs is 1. The quantitative estimate of drug-likeness (QED) is 0.742. The van der Waals surface area contributed by atoms with Gasteiger partial charge in [0.2, 0.25) is 0 Å².